The number of imide groups is 1. The number of hydrogen-bond acceptors (Lipinski definition) is 9. The van der Waals surface area contributed by atoms with Crippen LogP contribution >= 0.6 is 0 Å². The third-order valence-corrected chi connectivity index (χ3v) is 3.75. The van der Waals surface area contributed by atoms with Crippen LogP contribution in [0.5, 0.6) is 0 Å². The molecule has 176 valence electrons. The van der Waals surface area contributed by atoms with Gasteiger partial charge in [0.15, 0.2) is 0 Å². The lowest BCUT2D eigenvalue weighted by Gasteiger charge is -2.32. The van der Waals surface area contributed by atoms with E-state index in [1.807, 2.05) is 0 Å². The van der Waals surface area contributed by atoms with E-state index in [4.69, 9.17) is 9.47 Å². The first-order valence-electron chi connectivity index (χ1n) is 9.18. The van der Waals surface area contributed by atoms with Gasteiger partial charge >= 0.3 is 18.2 Å². The molecule has 0 rings (SSSR count). The molecule has 0 aromatic carbocycles. The minimum atomic E-state index is -3.85. The fourth-order valence-corrected chi connectivity index (χ4v) is 2.45. The molecular formula is C18H32FNO9S. The van der Waals surface area contributed by atoms with Crippen molar-refractivity contribution in [2.45, 2.75) is 77.8 Å². The van der Waals surface area contributed by atoms with E-state index in [1.165, 1.54) is 0 Å². The molecule has 0 spiro atoms. The Labute approximate surface area is 177 Å². The Morgan fingerprint density at radius 1 is 0.933 bits per heavy atom. The number of methoxy groups -OCH3 is 1. The molecule has 12 heteroatoms. The number of rotatable bonds is 8. The molecule has 0 saturated heterocycles. The summed E-state index contributed by atoms with van der Waals surface area (Å²) in [4.78, 5) is 38.0. The standard InChI is InChI=1S/C18H32FNO9S/c1-17(2,3)28-15(22)20(16(23)29-18(4,5)6)13(14(21)26-7)10-9-12(19)11-27-30(8,24)25/h12-13H,9-11H2,1-8H3. The Kier molecular flexibility index (Phi) is 10.2. The minimum absolute atomic E-state index is 0.376. The largest absolute Gasteiger partial charge is 0.467 e. The molecule has 0 bridgehead atoms. The van der Waals surface area contributed by atoms with E-state index in [0.29, 0.717) is 4.90 Å². The molecule has 0 aliphatic carbocycles. The van der Waals surface area contributed by atoms with Crippen LogP contribution < -0.4 is 0 Å². The van der Waals surface area contributed by atoms with Gasteiger partial charge in [0, 0.05) is 0 Å². The quantitative estimate of drug-likeness (QED) is 0.307. The van der Waals surface area contributed by atoms with Crippen molar-refractivity contribution >= 4 is 28.3 Å². The third-order valence-electron chi connectivity index (χ3n) is 3.18. The number of ether oxygens (including phenoxy) is 3. The topological polar surface area (TPSA) is 126 Å². The highest BCUT2D eigenvalue weighted by Crippen LogP contribution is 2.21. The van der Waals surface area contributed by atoms with Gasteiger partial charge in [-0.2, -0.15) is 13.3 Å². The summed E-state index contributed by atoms with van der Waals surface area (Å²) in [6.45, 7) is 8.59. The second-order valence-electron chi connectivity index (χ2n) is 8.53. The van der Waals surface area contributed by atoms with Crippen molar-refractivity contribution in [1.82, 2.24) is 4.90 Å². The maximum Gasteiger partial charge on any atom is 0.420 e. The van der Waals surface area contributed by atoms with E-state index < -0.39 is 64.7 Å². The Balaban J connectivity index is 5.69. The molecule has 0 fully saturated rings. The van der Waals surface area contributed by atoms with Gasteiger partial charge in [-0.25, -0.2) is 18.8 Å². The second-order valence-corrected chi connectivity index (χ2v) is 10.2. The molecule has 2 amide bonds. The Morgan fingerprint density at radius 2 is 1.37 bits per heavy atom. The van der Waals surface area contributed by atoms with Crippen molar-refractivity contribution < 1.29 is 45.6 Å². The zero-order valence-electron chi connectivity index (χ0n) is 18.7. The van der Waals surface area contributed by atoms with E-state index in [1.54, 1.807) is 41.5 Å². The summed E-state index contributed by atoms with van der Waals surface area (Å²) in [5, 5.41) is 0. The summed E-state index contributed by atoms with van der Waals surface area (Å²) in [6.07, 6.45) is -4.14. The van der Waals surface area contributed by atoms with E-state index >= 15 is 0 Å². The average Bonchev–Trinajstić information content (AvgIpc) is 2.51. The first-order valence-corrected chi connectivity index (χ1v) is 11.0. The predicted octanol–water partition coefficient (Wildman–Crippen LogP) is 2.79. The first kappa shape index (κ1) is 28.1. The molecular weight excluding hydrogens is 425 g/mol. The summed E-state index contributed by atoms with van der Waals surface area (Å²) in [7, 11) is -2.81. The molecule has 2 atom stereocenters. The molecule has 0 aromatic heterocycles. The van der Waals surface area contributed by atoms with Crippen molar-refractivity contribution in [3.63, 3.8) is 0 Å². The Bertz CT molecular complexity index is 682. The van der Waals surface area contributed by atoms with Gasteiger partial charge < -0.3 is 14.2 Å². The Morgan fingerprint density at radius 3 is 1.70 bits per heavy atom. The van der Waals surface area contributed by atoms with Crippen LogP contribution in [-0.4, -0.2) is 74.9 Å². The number of amides is 2. The van der Waals surface area contributed by atoms with Crippen LogP contribution in [0.1, 0.15) is 54.4 Å². The lowest BCUT2D eigenvalue weighted by Crippen LogP contribution is -2.52. The molecule has 0 aliphatic heterocycles. The van der Waals surface area contributed by atoms with Gasteiger partial charge in [-0.05, 0) is 54.4 Å². The Hall–Kier alpha value is -1.95. The molecule has 0 saturated carbocycles. The number of hydrogen-bond donors (Lipinski definition) is 0. The second kappa shape index (κ2) is 10.9. The van der Waals surface area contributed by atoms with Crippen molar-refractivity contribution in [2.75, 3.05) is 20.0 Å². The predicted molar refractivity (Wildman–Crippen MR) is 105 cm³/mol. The number of halogens is 1. The number of alkyl halides is 1. The number of carbonyl (C=O) groups is 3. The molecule has 0 aromatic rings. The van der Waals surface area contributed by atoms with Gasteiger partial charge in [-0.15, -0.1) is 0 Å². The van der Waals surface area contributed by atoms with Crippen LogP contribution in [0.4, 0.5) is 14.0 Å². The van der Waals surface area contributed by atoms with Gasteiger partial charge in [0.25, 0.3) is 10.1 Å². The fourth-order valence-electron chi connectivity index (χ4n) is 2.06. The van der Waals surface area contributed by atoms with E-state index in [9.17, 15) is 27.2 Å². The number of esters is 1. The van der Waals surface area contributed by atoms with Crippen LogP contribution in [0, 0.1) is 0 Å². The molecule has 0 aliphatic rings. The molecule has 2 unspecified atom stereocenters. The van der Waals surface area contributed by atoms with Crippen LogP contribution in [0.2, 0.25) is 0 Å². The van der Waals surface area contributed by atoms with Gasteiger partial charge in [0.05, 0.1) is 20.0 Å². The normalized spacial score (nSPS) is 14.4. The van der Waals surface area contributed by atoms with Crippen molar-refractivity contribution in [2.24, 2.45) is 0 Å². The smallest absolute Gasteiger partial charge is 0.420 e. The summed E-state index contributed by atoms with van der Waals surface area (Å²) in [6, 6.07) is -1.56. The molecule has 10 nitrogen and oxygen atoms in total. The number of nitrogens with zero attached hydrogens (tertiary/aromatic N) is 1. The van der Waals surface area contributed by atoms with Crippen LogP contribution in [0.3, 0.4) is 0 Å². The highest BCUT2D eigenvalue weighted by molar-refractivity contribution is 7.85. The molecule has 0 radical (unpaired) electrons. The minimum Gasteiger partial charge on any atom is -0.467 e. The lowest BCUT2D eigenvalue weighted by atomic mass is 10.1. The third kappa shape index (κ3) is 11.9. The van der Waals surface area contributed by atoms with Crippen LogP contribution in [0.15, 0.2) is 0 Å². The summed E-state index contributed by atoms with van der Waals surface area (Å²) >= 11 is 0. The maximum absolute atomic E-state index is 14.1. The molecule has 0 N–H and O–H groups in total. The highest BCUT2D eigenvalue weighted by atomic mass is 32.2. The van der Waals surface area contributed by atoms with Crippen molar-refractivity contribution in [3.05, 3.63) is 0 Å². The van der Waals surface area contributed by atoms with Crippen LogP contribution in [0.25, 0.3) is 0 Å². The van der Waals surface area contributed by atoms with Gasteiger partial charge in [-0.1, -0.05) is 0 Å². The zero-order valence-corrected chi connectivity index (χ0v) is 19.5. The maximum atomic E-state index is 14.1. The number of carbonyl (C=O) groups excluding carboxylic acids is 3. The van der Waals surface area contributed by atoms with Crippen molar-refractivity contribution in [1.29, 1.82) is 0 Å². The van der Waals surface area contributed by atoms with Crippen molar-refractivity contribution in [3.8, 4) is 0 Å². The summed E-state index contributed by atoms with van der Waals surface area (Å²) in [5.41, 5.74) is -1.99. The van der Waals surface area contributed by atoms with E-state index in [-0.39, 0.29) is 6.42 Å². The lowest BCUT2D eigenvalue weighted by molar-refractivity contribution is -0.147. The zero-order chi connectivity index (χ0) is 23.9. The summed E-state index contributed by atoms with van der Waals surface area (Å²) < 4.78 is 55.5. The fraction of sp³-hybridized carbons (Fsp3) is 0.833. The SMILES string of the molecule is COC(=O)C(CCC(F)COS(C)(=O)=O)N(C(=O)OC(C)(C)C)C(=O)OC(C)(C)C. The van der Waals surface area contributed by atoms with E-state index in [2.05, 4.69) is 8.92 Å². The van der Waals surface area contributed by atoms with Gasteiger partial charge in [-0.3, -0.25) is 4.18 Å². The monoisotopic (exact) mass is 457 g/mol. The molecule has 30 heavy (non-hydrogen) atoms. The van der Waals surface area contributed by atoms with E-state index in [0.717, 1.165) is 13.4 Å². The highest BCUT2D eigenvalue weighted by Gasteiger charge is 2.41. The average molecular weight is 458 g/mol. The van der Waals surface area contributed by atoms with Gasteiger partial charge in [0.2, 0.25) is 0 Å². The van der Waals surface area contributed by atoms with Gasteiger partial charge in [0.1, 0.15) is 23.4 Å². The summed E-state index contributed by atoms with van der Waals surface area (Å²) in [5.74, 6) is -0.997. The van der Waals surface area contributed by atoms with Crippen LogP contribution in [-0.2, 0) is 33.3 Å². The first-order chi connectivity index (χ1) is 13.4. The molecule has 0 heterocycles.